The quantitative estimate of drug-likeness (QED) is 0.0492. The summed E-state index contributed by atoms with van der Waals surface area (Å²) in [7, 11) is 0. The molecule has 19 aromatic rings. The van der Waals surface area contributed by atoms with E-state index in [0.717, 1.165) is 175 Å². The molecule has 2 heterocycles. The summed E-state index contributed by atoms with van der Waals surface area (Å²) >= 11 is 21.1. The van der Waals surface area contributed by atoms with Crippen LogP contribution in [0.2, 0.25) is 0 Å². The molecule has 2 fully saturated rings. The first kappa shape index (κ1) is 99.8. The van der Waals surface area contributed by atoms with Crippen molar-refractivity contribution in [2.75, 3.05) is 25.7 Å². The summed E-state index contributed by atoms with van der Waals surface area (Å²) in [6.07, 6.45) is 5.38. The predicted octanol–water partition coefficient (Wildman–Crippen LogP) is 31.4. The van der Waals surface area contributed by atoms with Gasteiger partial charge in [0.2, 0.25) is 0 Å². The van der Waals surface area contributed by atoms with Gasteiger partial charge in [0.15, 0.2) is 17.3 Å². The number of ether oxygens (including phenoxy) is 3. The highest BCUT2D eigenvalue weighted by molar-refractivity contribution is 9.11. The molecule has 0 spiro atoms. The number of fused-ring (bicyclic) bond motifs is 15. The molecule has 3 aliphatic carbocycles. The van der Waals surface area contributed by atoms with Gasteiger partial charge in [-0.25, -0.2) is 4.79 Å². The summed E-state index contributed by atoms with van der Waals surface area (Å²) in [4.78, 5) is 60.0. The first-order valence-corrected chi connectivity index (χ1v) is 50.3. The second-order valence-electron chi connectivity index (χ2n) is 34.5. The lowest BCUT2D eigenvalue weighted by Crippen LogP contribution is -2.18. The SMILES string of the molecule is Brc1ccc2ccccc2c1.CCc1ccccc1C(=O)Cl.CCc1ccccc1C(=O)O.CCc1ccccc1C(=O)c1c(Br)ccc2ccccc12.Cc1ccccc1C(=O)c1c(Br)ccc2ccccc12.ClCC1CO1.O=C1c2ccccc2Cc2ccc3ccccc3c21.OC1c2ccccc2Cc2ccc3ccccc3c21.c1ccc2c(c1)Cc1ccc3ccccc3c1C2OCC1CO1. The number of carboxylic acid groups (broad SMARTS) is 1. The average Bonchev–Trinajstić information content (AvgIpc) is 0.979. The van der Waals surface area contributed by atoms with Gasteiger partial charge < -0.3 is 24.4 Å². The number of ketones is 3. The Morgan fingerprint density at radius 2 is 0.750 bits per heavy atom. The Morgan fingerprint density at radius 1 is 0.371 bits per heavy atom. The molecule has 2 N–H and O–H groups in total. The third-order valence-corrected chi connectivity index (χ3v) is 28.0. The highest BCUT2D eigenvalue weighted by Gasteiger charge is 2.33. The van der Waals surface area contributed by atoms with Gasteiger partial charge >= 0.3 is 5.97 Å². The van der Waals surface area contributed by atoms with Crippen molar-refractivity contribution in [3.63, 3.8) is 0 Å². The van der Waals surface area contributed by atoms with Crippen LogP contribution >= 0.6 is 71.0 Å². The van der Waals surface area contributed by atoms with Crippen molar-refractivity contribution in [2.45, 2.75) is 90.6 Å². The van der Waals surface area contributed by atoms with Gasteiger partial charge in [0.25, 0.3) is 5.24 Å². The number of benzene rings is 19. The molecule has 0 aromatic heterocycles. The second-order valence-corrected chi connectivity index (χ2v) is 37.8. The van der Waals surface area contributed by atoms with E-state index >= 15 is 0 Å². The Balaban J connectivity index is 0.000000116. The molecule has 5 aliphatic rings. The normalized spacial score (nSPS) is 14.3. The second kappa shape index (κ2) is 47.6. The number of aliphatic hydroxyl groups is 1. The standard InChI is InChI=1S/C21H18O2.C19H15BrO.C18H13BrO.C18H14O.C18H12O.C10H7Br.C9H9ClO.C9H10O2.C3H5ClO/c1-3-7-18-14(5-1)9-10-16-11-15-6-2-4-8-19(15)21(20(16)18)23-13-17-12-22-17;1-2-13-7-3-6-10-16(13)19(21)18-15-9-5-4-8-14(15)11-12-17(18)20;1-12-6-2-4-8-14(12)18(20)17-15-9-5-3-7-13(15)10-11-16(17)19;2*19-18-16-8-4-2-6-13(16)11-14-10-9-12-5-1-3-7-15(12)17(14)18;11-10-6-5-8-3-1-2-4-9(8)7-10;2*1-2-7-5-3-4-6-8(7)9(10)11;4-1-3-2-5-3/h1-10,17,21H,11-13H2;3-12H,2H2,1H3;2-11H,1H3;1-10,18-19H,11H2;1-10H,11H2;1-7H;3-6H,2H2,1H3;3-6H,2H2,1H3,(H,10,11);3H,1-2H2. The first-order valence-electron chi connectivity index (χ1n) is 47.0. The molecule has 4 atom stereocenters. The molecule has 4 unspecified atom stereocenters. The van der Waals surface area contributed by atoms with E-state index in [-0.39, 0.29) is 34.8 Å². The fourth-order valence-corrected chi connectivity index (χ4v) is 20.0. The number of aliphatic hydroxyl groups excluding tert-OH is 1. The molecular formula is C125H103Br3Cl2O10. The molecule has 0 bridgehead atoms. The molecule has 24 rings (SSSR count). The van der Waals surface area contributed by atoms with Crippen molar-refractivity contribution in [3.8, 4) is 0 Å². The van der Waals surface area contributed by atoms with Crippen molar-refractivity contribution in [3.05, 3.63) is 530 Å². The van der Waals surface area contributed by atoms with Crippen LogP contribution < -0.4 is 0 Å². The van der Waals surface area contributed by atoms with Gasteiger partial charge in [-0.15, -0.1) is 11.6 Å². The fraction of sp³-hybridized carbons (Fsp3) is 0.144. The highest BCUT2D eigenvalue weighted by atomic mass is 79.9. The van der Waals surface area contributed by atoms with Crippen molar-refractivity contribution >= 4 is 164 Å². The topological polar surface area (TPSA) is 160 Å². The summed E-state index contributed by atoms with van der Waals surface area (Å²) in [5.74, 6) is 0.124. The minimum absolute atomic E-state index is 0.00486. The largest absolute Gasteiger partial charge is 0.478 e. The van der Waals surface area contributed by atoms with E-state index in [1.165, 1.54) is 65.7 Å². The minimum atomic E-state index is -0.845. The van der Waals surface area contributed by atoms with Gasteiger partial charge in [-0.05, 0) is 236 Å². The maximum atomic E-state index is 13.0. The zero-order valence-corrected chi connectivity index (χ0v) is 84.2. The number of alkyl halides is 1. The predicted molar refractivity (Wildman–Crippen MR) is 583 cm³/mol. The van der Waals surface area contributed by atoms with Gasteiger partial charge in [0.05, 0.1) is 37.4 Å². The molecule has 10 nitrogen and oxygen atoms in total. The van der Waals surface area contributed by atoms with Crippen LogP contribution in [0.15, 0.2) is 408 Å². The van der Waals surface area contributed by atoms with E-state index in [1.54, 1.807) is 18.2 Å². The van der Waals surface area contributed by atoms with Crippen LogP contribution in [0.25, 0.3) is 64.6 Å². The van der Waals surface area contributed by atoms with E-state index in [1.807, 2.05) is 245 Å². The van der Waals surface area contributed by atoms with E-state index < -0.39 is 12.1 Å². The third-order valence-electron chi connectivity index (χ3n) is 25.6. The van der Waals surface area contributed by atoms with Gasteiger partial charge in [0, 0.05) is 52.4 Å². The van der Waals surface area contributed by atoms with Gasteiger partial charge in [0.1, 0.15) is 18.3 Å². The van der Waals surface area contributed by atoms with Crippen LogP contribution in [0.5, 0.6) is 0 Å². The van der Waals surface area contributed by atoms with E-state index in [9.17, 15) is 29.1 Å². The number of rotatable bonds is 13. The molecular weight excluding hydrogens is 1970 g/mol. The Morgan fingerprint density at radius 3 is 1.26 bits per heavy atom. The molecule has 2 saturated heterocycles. The lowest BCUT2D eigenvalue weighted by Gasteiger charge is -2.29. The van der Waals surface area contributed by atoms with Crippen molar-refractivity contribution in [1.29, 1.82) is 0 Å². The number of carbonyl (C=O) groups is 5. The number of epoxide rings is 2. The van der Waals surface area contributed by atoms with Crippen LogP contribution in [-0.2, 0) is 52.7 Å². The Labute approximate surface area is 852 Å². The number of aromatic carboxylic acids is 1. The zero-order chi connectivity index (χ0) is 97.7. The third kappa shape index (κ3) is 23.9. The average molecular weight is 2080 g/mol. The number of carboxylic acids is 1. The summed E-state index contributed by atoms with van der Waals surface area (Å²) in [5, 5.41) is 32.9. The van der Waals surface area contributed by atoms with Crippen LogP contribution in [0.1, 0.15) is 179 Å². The van der Waals surface area contributed by atoms with Crippen LogP contribution in [0.3, 0.4) is 0 Å². The summed E-state index contributed by atoms with van der Waals surface area (Å²) in [6, 6.07) is 131. The highest BCUT2D eigenvalue weighted by Crippen LogP contribution is 2.44. The molecule has 698 valence electrons. The number of carbonyl (C=O) groups excluding carboxylic acids is 4. The van der Waals surface area contributed by atoms with E-state index in [0.29, 0.717) is 29.7 Å². The van der Waals surface area contributed by atoms with Crippen LogP contribution in [0.4, 0.5) is 0 Å². The molecule has 2 aliphatic heterocycles. The van der Waals surface area contributed by atoms with Gasteiger partial charge in [-0.3, -0.25) is 19.2 Å². The van der Waals surface area contributed by atoms with Crippen molar-refractivity contribution in [2.24, 2.45) is 0 Å². The maximum Gasteiger partial charge on any atom is 0.335 e. The Bertz CT molecular complexity index is 7700. The summed E-state index contributed by atoms with van der Waals surface area (Å²) in [5.41, 5.74) is 22.0. The van der Waals surface area contributed by atoms with Crippen LogP contribution in [-0.4, -0.2) is 76.7 Å². The monoisotopic (exact) mass is 2070 g/mol. The van der Waals surface area contributed by atoms with E-state index in [4.69, 9.17) is 42.5 Å². The first-order chi connectivity index (χ1) is 68.3. The molecule has 15 heteroatoms. The van der Waals surface area contributed by atoms with Gasteiger partial charge in [-0.1, -0.05) is 426 Å². The molecule has 0 saturated carbocycles. The molecule has 19 aromatic carbocycles. The number of hydrogen-bond acceptors (Lipinski definition) is 9. The number of aryl methyl sites for hydroxylation is 4. The lowest BCUT2D eigenvalue weighted by atomic mass is 9.81. The lowest BCUT2D eigenvalue weighted by molar-refractivity contribution is 0.0658. The zero-order valence-electron chi connectivity index (χ0n) is 78.0. The van der Waals surface area contributed by atoms with Crippen molar-refractivity contribution in [1.82, 2.24) is 0 Å². The molecule has 0 amide bonds. The number of halogens is 5. The Hall–Kier alpha value is -13.3. The Kier molecular flexibility index (Phi) is 33.9. The van der Waals surface area contributed by atoms with Gasteiger partial charge in [-0.2, -0.15) is 0 Å². The van der Waals surface area contributed by atoms with E-state index in [2.05, 4.69) is 206 Å². The summed E-state index contributed by atoms with van der Waals surface area (Å²) < 4.78 is 19.2. The maximum absolute atomic E-state index is 13.0. The summed E-state index contributed by atoms with van der Waals surface area (Å²) in [6.45, 7) is 10.4. The smallest absolute Gasteiger partial charge is 0.335 e. The van der Waals surface area contributed by atoms with Crippen molar-refractivity contribution < 1.29 is 48.4 Å². The molecule has 0 radical (unpaired) electrons. The molecule has 140 heavy (non-hydrogen) atoms. The minimum Gasteiger partial charge on any atom is -0.478 e. The number of hydrogen-bond donors (Lipinski definition) is 2. The fourth-order valence-electron chi connectivity index (χ4n) is 18.2. The van der Waals surface area contributed by atoms with Crippen LogP contribution in [0, 0.1) is 6.92 Å².